The minimum atomic E-state index is 0.507. The van der Waals surface area contributed by atoms with Crippen LogP contribution in [0, 0.1) is 0 Å². The van der Waals surface area contributed by atoms with Gasteiger partial charge < -0.3 is 5.32 Å². The highest BCUT2D eigenvalue weighted by atomic mass is 35.5. The van der Waals surface area contributed by atoms with Crippen LogP contribution in [0.15, 0.2) is 48.5 Å². The maximum atomic E-state index is 6.33. The Morgan fingerprint density at radius 1 is 0.931 bits per heavy atom. The van der Waals surface area contributed by atoms with E-state index < -0.39 is 0 Å². The molecule has 0 fully saturated rings. The molecule has 0 aliphatic carbocycles. The molecule has 0 aliphatic rings. The van der Waals surface area contributed by atoms with Crippen molar-refractivity contribution < 1.29 is 0 Å². The first-order valence-corrected chi connectivity index (χ1v) is 11.1. The zero-order chi connectivity index (χ0) is 20.5. The van der Waals surface area contributed by atoms with E-state index in [-0.39, 0.29) is 0 Å². The molecule has 3 rings (SSSR count). The summed E-state index contributed by atoms with van der Waals surface area (Å²) in [6, 6.07) is 15.7. The van der Waals surface area contributed by atoms with Crippen LogP contribution in [-0.2, 0) is 13.1 Å². The van der Waals surface area contributed by atoms with Crippen molar-refractivity contribution >= 4 is 23.2 Å². The van der Waals surface area contributed by atoms with Crippen LogP contribution < -0.4 is 5.32 Å². The van der Waals surface area contributed by atoms with Crippen LogP contribution in [0.2, 0.25) is 10.0 Å². The molecule has 0 radical (unpaired) electrons. The van der Waals surface area contributed by atoms with Gasteiger partial charge in [0.2, 0.25) is 0 Å². The lowest BCUT2D eigenvalue weighted by atomic mass is 10.1. The second-order valence-electron chi connectivity index (χ2n) is 7.22. The summed E-state index contributed by atoms with van der Waals surface area (Å²) in [5, 5.41) is 14.3. The van der Waals surface area contributed by atoms with Crippen LogP contribution in [0.25, 0.3) is 11.3 Å². The van der Waals surface area contributed by atoms with Crippen molar-refractivity contribution in [2.45, 2.75) is 52.1 Å². The Morgan fingerprint density at radius 2 is 1.72 bits per heavy atom. The standard InChI is InChI=1S/C23H28Cl2N4/c1-2-3-4-5-9-14-26-16-22-23(18-10-7-6-8-11-18)28-29(27-22)17-19-12-13-20(24)15-21(19)25/h6-8,10-13,15,26H,2-5,9,14,16-17H2,1H3. The average molecular weight is 431 g/mol. The maximum Gasteiger partial charge on any atom is 0.117 e. The summed E-state index contributed by atoms with van der Waals surface area (Å²) in [6.45, 7) is 4.44. The van der Waals surface area contributed by atoms with Gasteiger partial charge in [-0.1, -0.05) is 92.2 Å². The molecule has 0 saturated carbocycles. The molecule has 0 atom stereocenters. The quantitative estimate of drug-likeness (QED) is 0.359. The molecule has 1 heterocycles. The first kappa shape index (κ1) is 21.8. The molecule has 3 aromatic rings. The molecule has 29 heavy (non-hydrogen) atoms. The fourth-order valence-electron chi connectivity index (χ4n) is 3.25. The van der Waals surface area contributed by atoms with Gasteiger partial charge in [-0.05, 0) is 30.7 Å². The first-order chi connectivity index (χ1) is 14.2. The van der Waals surface area contributed by atoms with E-state index in [1.807, 2.05) is 30.3 Å². The molecule has 0 spiro atoms. The van der Waals surface area contributed by atoms with Crippen molar-refractivity contribution in [3.8, 4) is 11.3 Å². The lowest BCUT2D eigenvalue weighted by Gasteiger charge is -2.04. The highest BCUT2D eigenvalue weighted by Crippen LogP contribution is 2.23. The summed E-state index contributed by atoms with van der Waals surface area (Å²) in [4.78, 5) is 1.72. The third-order valence-corrected chi connectivity index (χ3v) is 5.44. The largest absolute Gasteiger partial charge is 0.311 e. The van der Waals surface area contributed by atoms with Crippen molar-refractivity contribution in [2.75, 3.05) is 6.54 Å². The lowest BCUT2D eigenvalue weighted by Crippen LogP contribution is -2.16. The summed E-state index contributed by atoms with van der Waals surface area (Å²) in [6.07, 6.45) is 6.36. The summed E-state index contributed by atoms with van der Waals surface area (Å²) in [5.74, 6) is 0. The number of nitrogens with one attached hydrogen (secondary N) is 1. The summed E-state index contributed by atoms with van der Waals surface area (Å²) < 4.78 is 0. The molecule has 154 valence electrons. The molecule has 0 amide bonds. The molecule has 1 aromatic heterocycles. The third-order valence-electron chi connectivity index (χ3n) is 4.85. The first-order valence-electron chi connectivity index (χ1n) is 10.3. The Kier molecular flexibility index (Phi) is 8.53. The zero-order valence-corrected chi connectivity index (χ0v) is 18.4. The van der Waals surface area contributed by atoms with Crippen LogP contribution in [0.3, 0.4) is 0 Å². The Labute approximate surface area is 183 Å². The number of halogens is 2. The second kappa shape index (κ2) is 11.3. The fraction of sp³-hybridized carbons (Fsp3) is 0.391. The van der Waals surface area contributed by atoms with Crippen LogP contribution in [-0.4, -0.2) is 21.5 Å². The molecule has 4 nitrogen and oxygen atoms in total. The van der Waals surface area contributed by atoms with E-state index in [1.54, 1.807) is 10.9 Å². The number of rotatable bonds is 11. The number of hydrogen-bond donors (Lipinski definition) is 1. The minimum absolute atomic E-state index is 0.507. The minimum Gasteiger partial charge on any atom is -0.311 e. The highest BCUT2D eigenvalue weighted by molar-refractivity contribution is 6.35. The predicted octanol–water partition coefficient (Wildman–Crippen LogP) is 6.36. The van der Waals surface area contributed by atoms with E-state index in [9.17, 15) is 0 Å². The number of benzene rings is 2. The molecular formula is C23H28Cl2N4. The molecule has 0 saturated heterocycles. The number of nitrogens with zero attached hydrogens (tertiary/aromatic N) is 3. The van der Waals surface area contributed by atoms with Crippen molar-refractivity contribution in [3.63, 3.8) is 0 Å². The Bertz CT molecular complexity index is 893. The van der Waals surface area contributed by atoms with Crippen molar-refractivity contribution in [2.24, 2.45) is 0 Å². The average Bonchev–Trinajstić information content (AvgIpc) is 3.13. The molecule has 0 bridgehead atoms. The Morgan fingerprint density at radius 3 is 2.48 bits per heavy atom. The number of hydrogen-bond acceptors (Lipinski definition) is 3. The highest BCUT2D eigenvalue weighted by Gasteiger charge is 2.14. The van der Waals surface area contributed by atoms with Gasteiger partial charge in [-0.2, -0.15) is 15.0 Å². The molecule has 0 aliphatic heterocycles. The van der Waals surface area contributed by atoms with Gasteiger partial charge in [-0.25, -0.2) is 0 Å². The fourth-order valence-corrected chi connectivity index (χ4v) is 3.72. The Hall–Kier alpha value is -1.88. The van der Waals surface area contributed by atoms with E-state index in [0.29, 0.717) is 23.1 Å². The SMILES string of the molecule is CCCCCCCNCc1nn(Cc2ccc(Cl)cc2Cl)nc1-c1ccccc1. The van der Waals surface area contributed by atoms with Gasteiger partial charge in [0, 0.05) is 22.2 Å². The summed E-state index contributed by atoms with van der Waals surface area (Å²) in [5.41, 5.74) is 3.88. The number of aromatic nitrogens is 3. The zero-order valence-electron chi connectivity index (χ0n) is 16.9. The van der Waals surface area contributed by atoms with Gasteiger partial charge in [-0.15, -0.1) is 0 Å². The monoisotopic (exact) mass is 430 g/mol. The van der Waals surface area contributed by atoms with Crippen LogP contribution in [0.4, 0.5) is 0 Å². The lowest BCUT2D eigenvalue weighted by molar-refractivity contribution is 0.561. The van der Waals surface area contributed by atoms with Gasteiger partial charge in [0.15, 0.2) is 0 Å². The normalized spacial score (nSPS) is 11.1. The van der Waals surface area contributed by atoms with Crippen LogP contribution in [0.5, 0.6) is 0 Å². The van der Waals surface area contributed by atoms with E-state index in [1.165, 1.54) is 32.1 Å². The summed E-state index contributed by atoms with van der Waals surface area (Å²) in [7, 11) is 0. The number of unbranched alkanes of at least 4 members (excludes halogenated alkanes) is 4. The third kappa shape index (κ3) is 6.56. The van der Waals surface area contributed by atoms with Gasteiger partial charge in [0.25, 0.3) is 0 Å². The molecule has 2 aromatic carbocycles. The molecule has 6 heteroatoms. The van der Waals surface area contributed by atoms with E-state index >= 15 is 0 Å². The van der Waals surface area contributed by atoms with Crippen molar-refractivity contribution in [3.05, 3.63) is 69.8 Å². The van der Waals surface area contributed by atoms with Gasteiger partial charge in [-0.3, -0.25) is 0 Å². The summed E-state index contributed by atoms with van der Waals surface area (Å²) >= 11 is 12.3. The molecule has 0 unspecified atom stereocenters. The topological polar surface area (TPSA) is 42.7 Å². The van der Waals surface area contributed by atoms with Crippen molar-refractivity contribution in [1.29, 1.82) is 0 Å². The smallest absolute Gasteiger partial charge is 0.117 e. The predicted molar refractivity (Wildman–Crippen MR) is 121 cm³/mol. The van der Waals surface area contributed by atoms with Crippen LogP contribution in [0.1, 0.15) is 50.3 Å². The van der Waals surface area contributed by atoms with Crippen molar-refractivity contribution in [1.82, 2.24) is 20.3 Å². The van der Waals surface area contributed by atoms with Gasteiger partial charge >= 0.3 is 0 Å². The maximum absolute atomic E-state index is 6.33. The Balaban J connectivity index is 1.70. The van der Waals surface area contributed by atoms with Gasteiger partial charge in [0.1, 0.15) is 11.4 Å². The van der Waals surface area contributed by atoms with Crippen LogP contribution >= 0.6 is 23.2 Å². The van der Waals surface area contributed by atoms with Gasteiger partial charge in [0.05, 0.1) is 6.54 Å². The molecule has 1 N–H and O–H groups in total. The van der Waals surface area contributed by atoms with E-state index in [0.717, 1.165) is 29.1 Å². The second-order valence-corrected chi connectivity index (χ2v) is 8.06. The van der Waals surface area contributed by atoms with E-state index in [2.05, 4.69) is 24.4 Å². The van der Waals surface area contributed by atoms with E-state index in [4.69, 9.17) is 33.4 Å². The molecular weight excluding hydrogens is 403 g/mol.